The lowest BCUT2D eigenvalue weighted by Crippen LogP contribution is -2.50. The van der Waals surface area contributed by atoms with Crippen molar-refractivity contribution in [2.75, 3.05) is 36.4 Å². The number of benzene rings is 1. The zero-order valence-electron chi connectivity index (χ0n) is 19.2. The third-order valence-corrected chi connectivity index (χ3v) is 8.31. The lowest BCUT2D eigenvalue weighted by molar-refractivity contribution is 0.208. The normalized spacial score (nSPS) is 17.5. The molecule has 1 N–H and O–H groups in total. The number of amides is 2. The van der Waals surface area contributed by atoms with E-state index in [2.05, 4.69) is 24.1 Å². The molecule has 1 aromatic carbocycles. The number of rotatable bonds is 3. The Morgan fingerprint density at radius 2 is 1.73 bits per heavy atom. The smallest absolute Gasteiger partial charge is 0.321 e. The lowest BCUT2D eigenvalue weighted by atomic mass is 9.88. The Bertz CT molecular complexity index is 1150. The molecule has 1 saturated carbocycles. The van der Waals surface area contributed by atoms with Crippen LogP contribution in [0.1, 0.15) is 54.3 Å². The molecule has 3 heterocycles. The number of piperazine rings is 1. The predicted molar refractivity (Wildman–Crippen MR) is 137 cm³/mol. The molecule has 2 fully saturated rings. The molecule has 6 nitrogen and oxygen atoms in total. The van der Waals surface area contributed by atoms with Gasteiger partial charge in [0.1, 0.15) is 16.5 Å². The van der Waals surface area contributed by atoms with E-state index in [0.29, 0.717) is 24.0 Å². The van der Waals surface area contributed by atoms with Gasteiger partial charge in [0.25, 0.3) is 0 Å². The number of nitrogens with zero attached hydrogens (tertiary/aromatic N) is 4. The van der Waals surface area contributed by atoms with Gasteiger partial charge in [0.15, 0.2) is 0 Å². The Hall–Kier alpha value is -2.38. The maximum Gasteiger partial charge on any atom is 0.321 e. The molecule has 3 aromatic rings. The number of anilines is 2. The van der Waals surface area contributed by atoms with Gasteiger partial charge in [-0.15, -0.1) is 11.3 Å². The zero-order valence-corrected chi connectivity index (χ0v) is 20.8. The third kappa shape index (κ3) is 4.66. The maximum atomic E-state index is 12.8. The summed E-state index contributed by atoms with van der Waals surface area (Å²) in [6, 6.07) is 7.13. The second-order valence-electron chi connectivity index (χ2n) is 9.11. The van der Waals surface area contributed by atoms with Crippen LogP contribution >= 0.6 is 22.9 Å². The molecule has 0 unspecified atom stereocenters. The van der Waals surface area contributed by atoms with Crippen molar-refractivity contribution in [1.29, 1.82) is 0 Å². The number of urea groups is 1. The number of aryl methyl sites for hydroxylation is 2. The van der Waals surface area contributed by atoms with E-state index in [9.17, 15) is 4.79 Å². The topological polar surface area (TPSA) is 61.4 Å². The van der Waals surface area contributed by atoms with Gasteiger partial charge in [-0.1, -0.05) is 30.9 Å². The molecule has 0 bridgehead atoms. The summed E-state index contributed by atoms with van der Waals surface area (Å²) in [6.07, 6.45) is 6.24. The average molecular weight is 484 g/mol. The van der Waals surface area contributed by atoms with Crippen LogP contribution in [0.2, 0.25) is 5.02 Å². The highest BCUT2D eigenvalue weighted by atomic mass is 35.5. The van der Waals surface area contributed by atoms with Gasteiger partial charge in [-0.3, -0.25) is 0 Å². The number of thiophene rings is 1. The standard InChI is InChI=1S/C25H30ClN5OS/c1-16-17(2)33-24-21(16)23(28-22(29-24)18-6-4-3-5-7-18)30-12-14-31(15-13-30)25(32)27-20-10-8-19(26)9-11-20/h8-11,18H,3-7,12-15H2,1-2H3,(H,27,32). The number of nitrogens with one attached hydrogen (secondary N) is 1. The van der Waals surface area contributed by atoms with Crippen molar-refractivity contribution in [2.24, 2.45) is 0 Å². The quantitative estimate of drug-likeness (QED) is 0.470. The Kier molecular flexibility index (Phi) is 6.43. The van der Waals surface area contributed by atoms with Gasteiger partial charge in [-0.05, 0) is 56.5 Å². The summed E-state index contributed by atoms with van der Waals surface area (Å²) in [4.78, 5) is 29.6. The van der Waals surface area contributed by atoms with Gasteiger partial charge in [0.05, 0.1) is 5.39 Å². The fourth-order valence-electron chi connectivity index (χ4n) is 4.87. The first-order valence-electron chi connectivity index (χ1n) is 11.8. The fourth-order valence-corrected chi connectivity index (χ4v) is 6.03. The summed E-state index contributed by atoms with van der Waals surface area (Å²) in [5.41, 5.74) is 2.04. The van der Waals surface area contributed by atoms with Crippen molar-refractivity contribution in [2.45, 2.75) is 51.9 Å². The highest BCUT2D eigenvalue weighted by Crippen LogP contribution is 2.38. The van der Waals surface area contributed by atoms with Crippen LogP contribution in [0.25, 0.3) is 10.2 Å². The van der Waals surface area contributed by atoms with E-state index in [1.54, 1.807) is 23.5 Å². The molecule has 2 amide bonds. The second kappa shape index (κ2) is 9.47. The van der Waals surface area contributed by atoms with Crippen molar-refractivity contribution >= 4 is 50.7 Å². The minimum absolute atomic E-state index is 0.0738. The van der Waals surface area contributed by atoms with E-state index >= 15 is 0 Å². The molecular formula is C25H30ClN5OS. The molecule has 33 heavy (non-hydrogen) atoms. The number of hydrogen-bond donors (Lipinski definition) is 1. The minimum Gasteiger partial charge on any atom is -0.352 e. The molecule has 1 saturated heterocycles. The van der Waals surface area contributed by atoms with Crippen molar-refractivity contribution < 1.29 is 4.79 Å². The van der Waals surface area contributed by atoms with Crippen molar-refractivity contribution in [1.82, 2.24) is 14.9 Å². The van der Waals surface area contributed by atoms with E-state index in [1.807, 2.05) is 17.0 Å². The summed E-state index contributed by atoms with van der Waals surface area (Å²) in [5.74, 6) is 2.54. The van der Waals surface area contributed by atoms with E-state index in [0.717, 1.165) is 35.2 Å². The van der Waals surface area contributed by atoms with Crippen LogP contribution in [-0.2, 0) is 0 Å². The number of hydrogen-bond acceptors (Lipinski definition) is 5. The van der Waals surface area contributed by atoms with E-state index < -0.39 is 0 Å². The molecule has 1 aliphatic carbocycles. The number of halogens is 1. The van der Waals surface area contributed by atoms with Crippen molar-refractivity contribution in [3.8, 4) is 0 Å². The van der Waals surface area contributed by atoms with Crippen LogP contribution < -0.4 is 10.2 Å². The molecule has 0 atom stereocenters. The maximum absolute atomic E-state index is 12.8. The number of fused-ring (bicyclic) bond motifs is 1. The largest absolute Gasteiger partial charge is 0.352 e. The van der Waals surface area contributed by atoms with Crippen molar-refractivity contribution in [3.05, 3.63) is 45.6 Å². The average Bonchev–Trinajstić information content (AvgIpc) is 3.14. The van der Waals surface area contributed by atoms with Crippen LogP contribution in [0.15, 0.2) is 24.3 Å². The van der Waals surface area contributed by atoms with Crippen LogP contribution in [-0.4, -0.2) is 47.1 Å². The predicted octanol–water partition coefficient (Wildman–Crippen LogP) is 6.36. The van der Waals surface area contributed by atoms with E-state index in [1.165, 1.54) is 47.9 Å². The Morgan fingerprint density at radius 3 is 2.42 bits per heavy atom. The molecular weight excluding hydrogens is 454 g/mol. The summed E-state index contributed by atoms with van der Waals surface area (Å²) < 4.78 is 0. The van der Waals surface area contributed by atoms with Gasteiger partial charge in [-0.2, -0.15) is 0 Å². The van der Waals surface area contributed by atoms with Crippen LogP contribution in [0.3, 0.4) is 0 Å². The number of aromatic nitrogens is 2. The van der Waals surface area contributed by atoms with Gasteiger partial charge in [0.2, 0.25) is 0 Å². The third-order valence-electron chi connectivity index (χ3n) is 6.96. The number of carbonyl (C=O) groups excluding carboxylic acids is 1. The SMILES string of the molecule is Cc1sc2nc(C3CCCCC3)nc(N3CCN(C(=O)Nc4ccc(Cl)cc4)CC3)c2c1C. The second-order valence-corrected chi connectivity index (χ2v) is 10.8. The van der Waals surface area contributed by atoms with Crippen LogP contribution in [0, 0.1) is 13.8 Å². The molecule has 0 radical (unpaired) electrons. The number of carbonyl (C=O) groups is 1. The molecule has 8 heteroatoms. The Balaban J connectivity index is 1.35. The molecule has 174 valence electrons. The first-order valence-corrected chi connectivity index (χ1v) is 13.0. The highest BCUT2D eigenvalue weighted by Gasteiger charge is 2.27. The van der Waals surface area contributed by atoms with Gasteiger partial charge >= 0.3 is 6.03 Å². The minimum atomic E-state index is -0.0738. The van der Waals surface area contributed by atoms with E-state index in [4.69, 9.17) is 21.6 Å². The van der Waals surface area contributed by atoms with Crippen LogP contribution in [0.5, 0.6) is 0 Å². The Labute approximate surface area is 204 Å². The Morgan fingerprint density at radius 1 is 1.03 bits per heavy atom. The monoisotopic (exact) mass is 483 g/mol. The lowest BCUT2D eigenvalue weighted by Gasteiger charge is -2.36. The zero-order chi connectivity index (χ0) is 22.9. The summed E-state index contributed by atoms with van der Waals surface area (Å²) in [7, 11) is 0. The summed E-state index contributed by atoms with van der Waals surface area (Å²) >= 11 is 7.73. The molecule has 2 aromatic heterocycles. The fraction of sp³-hybridized carbons (Fsp3) is 0.480. The van der Waals surface area contributed by atoms with Crippen molar-refractivity contribution in [3.63, 3.8) is 0 Å². The summed E-state index contributed by atoms with van der Waals surface area (Å²) in [6.45, 7) is 7.19. The van der Waals surface area contributed by atoms with Gasteiger partial charge < -0.3 is 15.1 Å². The van der Waals surface area contributed by atoms with Crippen LogP contribution in [0.4, 0.5) is 16.3 Å². The summed E-state index contributed by atoms with van der Waals surface area (Å²) in [5, 5.41) is 4.82. The molecule has 0 spiro atoms. The molecule has 1 aliphatic heterocycles. The van der Waals surface area contributed by atoms with Gasteiger partial charge in [-0.25, -0.2) is 14.8 Å². The highest BCUT2D eigenvalue weighted by molar-refractivity contribution is 7.18. The first kappa shape index (κ1) is 22.4. The van der Waals surface area contributed by atoms with Gasteiger partial charge in [0, 0.05) is 47.7 Å². The van der Waals surface area contributed by atoms with E-state index in [-0.39, 0.29) is 6.03 Å². The molecule has 2 aliphatic rings. The first-order chi connectivity index (χ1) is 16.0. The molecule has 5 rings (SSSR count).